The molecule has 0 amide bonds. The highest BCUT2D eigenvalue weighted by atomic mass is 28.4. The fraction of sp³-hybridized carbons (Fsp3) is 1.00. The van der Waals surface area contributed by atoms with Gasteiger partial charge >= 0.3 is 17.3 Å². The molecule has 146 valence electrons. The standard InChI is InChI=1S/C17H41NO4Si2/c1-8-12-14-18(15-13-9-2)24(19-5,20-6)17-16-23(7,21-10-3)22-11-4/h8-17H2,1-7H3. The van der Waals surface area contributed by atoms with Gasteiger partial charge in [-0.25, -0.2) is 0 Å². The Kier molecular flexibility index (Phi) is 13.6. The summed E-state index contributed by atoms with van der Waals surface area (Å²) in [5.41, 5.74) is 0. The first-order valence-electron chi connectivity index (χ1n) is 9.60. The van der Waals surface area contributed by atoms with Crippen molar-refractivity contribution in [1.29, 1.82) is 0 Å². The third kappa shape index (κ3) is 8.08. The second-order valence-corrected chi connectivity index (χ2v) is 13.0. The first-order valence-corrected chi connectivity index (χ1v) is 14.1. The number of hydrogen-bond acceptors (Lipinski definition) is 5. The van der Waals surface area contributed by atoms with Crippen LogP contribution in [-0.2, 0) is 17.7 Å². The van der Waals surface area contributed by atoms with E-state index in [-0.39, 0.29) is 0 Å². The fourth-order valence-electron chi connectivity index (χ4n) is 3.04. The first kappa shape index (κ1) is 24.2. The van der Waals surface area contributed by atoms with Crippen molar-refractivity contribution in [3.8, 4) is 0 Å². The molecule has 0 bridgehead atoms. The van der Waals surface area contributed by atoms with E-state index in [4.69, 9.17) is 17.7 Å². The minimum atomic E-state index is -2.41. The van der Waals surface area contributed by atoms with E-state index >= 15 is 0 Å². The molecule has 0 aromatic rings. The monoisotopic (exact) mass is 379 g/mol. The Morgan fingerprint density at radius 3 is 1.54 bits per heavy atom. The molecule has 7 heteroatoms. The molecule has 0 fully saturated rings. The maximum Gasteiger partial charge on any atom is 0.427 e. The van der Waals surface area contributed by atoms with Gasteiger partial charge in [-0.3, -0.25) is 4.57 Å². The normalized spacial score (nSPS) is 13.0. The molecule has 24 heavy (non-hydrogen) atoms. The van der Waals surface area contributed by atoms with Crippen molar-refractivity contribution in [3.05, 3.63) is 0 Å². The molecular formula is C17H41NO4Si2. The van der Waals surface area contributed by atoms with Crippen LogP contribution in [0.1, 0.15) is 53.4 Å². The summed E-state index contributed by atoms with van der Waals surface area (Å²) < 4.78 is 26.6. The van der Waals surface area contributed by atoms with Gasteiger partial charge in [-0.15, -0.1) is 0 Å². The number of unbranched alkanes of at least 4 members (excludes halogenated alkanes) is 2. The highest BCUT2D eigenvalue weighted by Gasteiger charge is 2.46. The number of hydrogen-bond donors (Lipinski definition) is 0. The van der Waals surface area contributed by atoms with Crippen LogP contribution in [-0.4, -0.2) is 62.4 Å². The van der Waals surface area contributed by atoms with Crippen LogP contribution < -0.4 is 0 Å². The second kappa shape index (κ2) is 13.4. The molecule has 0 unspecified atom stereocenters. The Balaban J connectivity index is 5.14. The van der Waals surface area contributed by atoms with E-state index in [0.717, 1.165) is 25.2 Å². The van der Waals surface area contributed by atoms with Crippen LogP contribution in [0.25, 0.3) is 0 Å². The van der Waals surface area contributed by atoms with Crippen molar-refractivity contribution >= 4 is 17.3 Å². The Morgan fingerprint density at radius 2 is 1.21 bits per heavy atom. The zero-order valence-electron chi connectivity index (χ0n) is 17.2. The van der Waals surface area contributed by atoms with Crippen LogP contribution in [0.4, 0.5) is 0 Å². The lowest BCUT2D eigenvalue weighted by Crippen LogP contribution is -2.59. The topological polar surface area (TPSA) is 40.2 Å². The van der Waals surface area contributed by atoms with Gasteiger partial charge in [-0.2, -0.15) is 0 Å². The van der Waals surface area contributed by atoms with Gasteiger partial charge in [0.05, 0.1) is 0 Å². The van der Waals surface area contributed by atoms with Crippen molar-refractivity contribution in [3.63, 3.8) is 0 Å². The van der Waals surface area contributed by atoms with E-state index in [9.17, 15) is 0 Å². The SMILES string of the molecule is CCCCN(CCCC)[Si](CC[Si](C)(OCC)OCC)(OC)OC. The minimum absolute atomic E-state index is 0.701. The van der Waals surface area contributed by atoms with E-state index in [2.05, 4.69) is 25.0 Å². The van der Waals surface area contributed by atoms with Gasteiger partial charge in [0.1, 0.15) is 0 Å². The van der Waals surface area contributed by atoms with Crippen molar-refractivity contribution in [1.82, 2.24) is 4.57 Å². The van der Waals surface area contributed by atoms with Crippen LogP contribution in [0.2, 0.25) is 18.6 Å². The highest BCUT2D eigenvalue weighted by Crippen LogP contribution is 2.27. The van der Waals surface area contributed by atoms with Crippen LogP contribution in [0, 0.1) is 0 Å². The van der Waals surface area contributed by atoms with Crippen molar-refractivity contribution < 1.29 is 17.7 Å². The second-order valence-electron chi connectivity index (χ2n) is 6.31. The third-order valence-electron chi connectivity index (χ3n) is 4.48. The minimum Gasteiger partial charge on any atom is -0.395 e. The zero-order chi connectivity index (χ0) is 18.5. The van der Waals surface area contributed by atoms with E-state index < -0.39 is 17.3 Å². The zero-order valence-corrected chi connectivity index (χ0v) is 19.2. The largest absolute Gasteiger partial charge is 0.427 e. The molecule has 0 aromatic heterocycles. The lowest BCUT2D eigenvalue weighted by Gasteiger charge is -2.39. The summed E-state index contributed by atoms with van der Waals surface area (Å²) in [6.07, 6.45) is 4.73. The Bertz CT molecular complexity index is 290. The molecule has 0 aromatic carbocycles. The van der Waals surface area contributed by atoms with Crippen LogP contribution >= 0.6 is 0 Å². The Labute approximate surface area is 152 Å². The van der Waals surface area contributed by atoms with Crippen LogP contribution in [0.15, 0.2) is 0 Å². The molecule has 5 nitrogen and oxygen atoms in total. The molecule has 0 N–H and O–H groups in total. The van der Waals surface area contributed by atoms with E-state index in [0.29, 0.717) is 13.2 Å². The summed E-state index contributed by atoms with van der Waals surface area (Å²) in [6.45, 7) is 14.2. The summed E-state index contributed by atoms with van der Waals surface area (Å²) in [5, 5.41) is 0. The molecule has 0 saturated carbocycles. The maximum atomic E-state index is 6.05. The number of rotatable bonds is 16. The molecule has 0 aliphatic heterocycles. The van der Waals surface area contributed by atoms with Crippen molar-refractivity contribution in [2.75, 3.05) is 40.5 Å². The first-order chi connectivity index (χ1) is 11.5. The average molecular weight is 380 g/mol. The van der Waals surface area contributed by atoms with E-state index in [1.165, 1.54) is 25.7 Å². The third-order valence-corrected chi connectivity index (χ3v) is 11.5. The lowest BCUT2D eigenvalue weighted by atomic mass is 10.3. The highest BCUT2D eigenvalue weighted by molar-refractivity contribution is 6.71. The summed E-state index contributed by atoms with van der Waals surface area (Å²) in [6, 6.07) is 1.81. The molecule has 0 aliphatic rings. The van der Waals surface area contributed by atoms with Crippen LogP contribution in [0.3, 0.4) is 0 Å². The predicted molar refractivity (Wildman–Crippen MR) is 106 cm³/mol. The Morgan fingerprint density at radius 1 is 0.750 bits per heavy atom. The summed E-state index contributed by atoms with van der Waals surface area (Å²) in [5.74, 6) is 0. The average Bonchev–Trinajstić information content (AvgIpc) is 2.58. The molecule has 0 spiro atoms. The molecule has 0 aliphatic carbocycles. The molecule has 0 saturated heterocycles. The van der Waals surface area contributed by atoms with Gasteiger partial charge in [-0.05, 0) is 52.4 Å². The summed E-state index contributed by atoms with van der Waals surface area (Å²) in [7, 11) is -0.946. The summed E-state index contributed by atoms with van der Waals surface area (Å²) in [4.78, 5) is 0. The Hall–Kier alpha value is 0.234. The van der Waals surface area contributed by atoms with Crippen molar-refractivity contribution in [2.24, 2.45) is 0 Å². The summed E-state index contributed by atoms with van der Waals surface area (Å²) >= 11 is 0. The van der Waals surface area contributed by atoms with Gasteiger partial charge in [-0.1, -0.05) is 26.7 Å². The molecular weight excluding hydrogens is 338 g/mol. The predicted octanol–water partition coefficient (Wildman–Crippen LogP) is 4.27. The number of nitrogens with zero attached hydrogens (tertiary/aromatic N) is 1. The van der Waals surface area contributed by atoms with Gasteiger partial charge in [0.15, 0.2) is 0 Å². The van der Waals surface area contributed by atoms with Gasteiger partial charge in [0, 0.05) is 33.5 Å². The molecule has 0 heterocycles. The molecule has 0 radical (unpaired) electrons. The van der Waals surface area contributed by atoms with Crippen molar-refractivity contribution in [2.45, 2.75) is 72.0 Å². The van der Waals surface area contributed by atoms with E-state index in [1.54, 1.807) is 14.2 Å². The van der Waals surface area contributed by atoms with Gasteiger partial charge in [0.2, 0.25) is 0 Å². The maximum absolute atomic E-state index is 6.05. The molecule has 0 atom stereocenters. The molecule has 0 rings (SSSR count). The van der Waals surface area contributed by atoms with Gasteiger partial charge < -0.3 is 17.7 Å². The van der Waals surface area contributed by atoms with Crippen LogP contribution in [0.5, 0.6) is 0 Å². The lowest BCUT2D eigenvalue weighted by molar-refractivity contribution is 0.155. The van der Waals surface area contributed by atoms with E-state index in [1.807, 2.05) is 13.8 Å². The fourth-order valence-corrected chi connectivity index (χ4v) is 10.1. The quantitative estimate of drug-likeness (QED) is 0.375. The van der Waals surface area contributed by atoms with Gasteiger partial charge in [0.25, 0.3) is 0 Å². The smallest absolute Gasteiger partial charge is 0.395 e.